The number of hydrogen-bond donors (Lipinski definition) is 1. The monoisotopic (exact) mass is 361 g/mol. The van der Waals surface area contributed by atoms with E-state index in [4.69, 9.17) is 12.2 Å². The average molecular weight is 361 g/mol. The first-order chi connectivity index (χ1) is 12.6. The number of aryl methyl sites for hydroxylation is 1. The summed E-state index contributed by atoms with van der Waals surface area (Å²) in [7, 11) is 1.78. The Labute approximate surface area is 157 Å². The summed E-state index contributed by atoms with van der Waals surface area (Å²) in [6.07, 6.45) is 0.686. The van der Waals surface area contributed by atoms with E-state index >= 15 is 0 Å². The Morgan fingerprint density at radius 2 is 1.85 bits per heavy atom. The number of aromatic nitrogens is 1. The van der Waals surface area contributed by atoms with E-state index in [0.29, 0.717) is 11.5 Å². The first-order valence-corrected chi connectivity index (χ1v) is 9.23. The number of carbonyl (C=O) groups excluding carboxylic acids is 1. The van der Waals surface area contributed by atoms with Crippen molar-refractivity contribution in [3.63, 3.8) is 0 Å². The second kappa shape index (κ2) is 5.42. The van der Waals surface area contributed by atoms with Crippen LogP contribution in [0, 0.1) is 6.92 Å². The molecule has 0 bridgehead atoms. The maximum absolute atomic E-state index is 12.8. The van der Waals surface area contributed by atoms with Crippen molar-refractivity contribution >= 4 is 34.1 Å². The van der Waals surface area contributed by atoms with E-state index in [1.54, 1.807) is 11.9 Å². The number of nitrogens with zero attached hydrogens (tertiary/aromatic N) is 2. The Morgan fingerprint density at radius 3 is 2.62 bits per heavy atom. The van der Waals surface area contributed by atoms with Crippen LogP contribution in [0.3, 0.4) is 0 Å². The number of fused-ring (bicyclic) bond motifs is 4. The molecule has 26 heavy (non-hydrogen) atoms. The molecule has 4 nitrogen and oxygen atoms in total. The molecule has 1 amide bonds. The van der Waals surface area contributed by atoms with E-state index in [2.05, 4.69) is 59.3 Å². The van der Waals surface area contributed by atoms with Gasteiger partial charge < -0.3 is 9.88 Å². The lowest BCUT2D eigenvalue weighted by atomic mass is 9.88. The van der Waals surface area contributed by atoms with Crippen LogP contribution in [-0.4, -0.2) is 38.9 Å². The fourth-order valence-electron chi connectivity index (χ4n) is 4.30. The number of thiocarbonyl (C=S) groups is 1. The van der Waals surface area contributed by atoms with Gasteiger partial charge in [-0.3, -0.25) is 9.69 Å². The third-order valence-electron chi connectivity index (χ3n) is 5.65. The van der Waals surface area contributed by atoms with Crippen molar-refractivity contribution in [3.05, 3.63) is 70.9 Å². The van der Waals surface area contributed by atoms with E-state index in [1.807, 2.05) is 6.07 Å². The number of hydrogen-bond acceptors (Lipinski definition) is 2. The van der Waals surface area contributed by atoms with Crippen LogP contribution in [0.25, 0.3) is 10.9 Å². The molecule has 3 aromatic rings. The number of likely N-dealkylation sites (N-methyl/N-ethyl adjacent to an activating group) is 1. The van der Waals surface area contributed by atoms with Gasteiger partial charge >= 0.3 is 0 Å². The van der Waals surface area contributed by atoms with Crippen molar-refractivity contribution in [1.29, 1.82) is 0 Å². The molecule has 0 radical (unpaired) electrons. The molecule has 1 N–H and O–H groups in total. The van der Waals surface area contributed by atoms with Crippen LogP contribution in [0.15, 0.2) is 48.5 Å². The Hall–Kier alpha value is -2.66. The van der Waals surface area contributed by atoms with E-state index in [9.17, 15) is 4.79 Å². The number of para-hydroxylation sites is 1. The molecule has 5 rings (SSSR count). The number of aromatic amines is 1. The molecule has 1 fully saturated rings. The predicted octanol–water partition coefficient (Wildman–Crippen LogP) is 3.55. The molecule has 0 saturated carbocycles. The standard InChI is InChI=1S/C21H19N3OS/c1-12-7-9-13(10-8-12)19-18-15(14-5-3-4-6-16(14)22-18)11-17-20(25)23(2)21(26)24(17)19/h3-10,17,19,22H,11H2,1-2H3/t17-,19+/m1/s1. The van der Waals surface area contributed by atoms with Gasteiger partial charge in [-0.1, -0.05) is 48.0 Å². The predicted molar refractivity (Wildman–Crippen MR) is 106 cm³/mol. The molecule has 0 aliphatic carbocycles. The number of nitrogens with one attached hydrogen (secondary N) is 1. The first kappa shape index (κ1) is 15.6. The van der Waals surface area contributed by atoms with Crippen molar-refractivity contribution in [2.45, 2.75) is 25.4 Å². The van der Waals surface area contributed by atoms with E-state index in [-0.39, 0.29) is 18.0 Å². The van der Waals surface area contributed by atoms with E-state index in [0.717, 1.165) is 16.8 Å². The Morgan fingerprint density at radius 1 is 1.12 bits per heavy atom. The Bertz CT molecular complexity index is 1050. The molecule has 1 saturated heterocycles. The van der Waals surface area contributed by atoms with E-state index in [1.165, 1.54) is 16.5 Å². The fourth-order valence-corrected chi connectivity index (χ4v) is 4.62. The quantitative estimate of drug-likeness (QED) is 0.674. The zero-order chi connectivity index (χ0) is 18.0. The normalized spacial score (nSPS) is 22.1. The van der Waals surface area contributed by atoms with Gasteiger partial charge in [0.1, 0.15) is 6.04 Å². The molecule has 2 aliphatic heterocycles. The van der Waals surface area contributed by atoms with Gasteiger partial charge in [-0.25, -0.2) is 0 Å². The van der Waals surface area contributed by atoms with Gasteiger partial charge in [0.25, 0.3) is 5.91 Å². The third kappa shape index (κ3) is 2.01. The smallest absolute Gasteiger partial charge is 0.251 e. The van der Waals surface area contributed by atoms with Gasteiger partial charge in [0.2, 0.25) is 0 Å². The molecule has 1 aromatic heterocycles. The highest BCUT2D eigenvalue weighted by atomic mass is 32.1. The second-order valence-electron chi connectivity index (χ2n) is 7.18. The van der Waals surface area contributed by atoms with E-state index < -0.39 is 0 Å². The molecular weight excluding hydrogens is 342 g/mol. The summed E-state index contributed by atoms with van der Waals surface area (Å²) < 4.78 is 0. The Kier molecular flexibility index (Phi) is 3.25. The highest BCUT2D eigenvalue weighted by molar-refractivity contribution is 7.80. The van der Waals surface area contributed by atoms with Crippen LogP contribution in [0.1, 0.15) is 28.4 Å². The van der Waals surface area contributed by atoms with Crippen LogP contribution < -0.4 is 0 Å². The van der Waals surface area contributed by atoms with Crippen LogP contribution in [0.5, 0.6) is 0 Å². The molecule has 0 unspecified atom stereocenters. The van der Waals surface area contributed by atoms with Crippen LogP contribution in [0.2, 0.25) is 0 Å². The van der Waals surface area contributed by atoms with Crippen LogP contribution in [-0.2, 0) is 11.2 Å². The number of H-pyrrole nitrogens is 1. The number of rotatable bonds is 1. The zero-order valence-corrected chi connectivity index (χ0v) is 15.5. The molecule has 2 atom stereocenters. The summed E-state index contributed by atoms with van der Waals surface area (Å²) in [4.78, 5) is 20.2. The van der Waals surface area contributed by atoms with Gasteiger partial charge in [-0.05, 0) is 36.3 Å². The summed E-state index contributed by atoms with van der Waals surface area (Å²) in [5, 5.41) is 1.81. The lowest BCUT2D eigenvalue weighted by molar-refractivity contribution is -0.127. The molecule has 2 aromatic carbocycles. The third-order valence-corrected chi connectivity index (χ3v) is 6.13. The molecular formula is C21H19N3OS. The number of amides is 1. The van der Waals surface area contributed by atoms with Gasteiger partial charge in [0.05, 0.1) is 6.04 Å². The highest BCUT2D eigenvalue weighted by Gasteiger charge is 2.49. The topological polar surface area (TPSA) is 39.3 Å². The second-order valence-corrected chi connectivity index (χ2v) is 7.55. The van der Waals surface area contributed by atoms with Crippen molar-refractivity contribution in [2.24, 2.45) is 0 Å². The summed E-state index contributed by atoms with van der Waals surface area (Å²) in [6.45, 7) is 2.08. The summed E-state index contributed by atoms with van der Waals surface area (Å²) in [5.74, 6) is 0.0862. The molecule has 0 spiro atoms. The number of benzene rings is 2. The summed E-state index contributed by atoms with van der Waals surface area (Å²) >= 11 is 5.65. The SMILES string of the molecule is Cc1ccc([C@H]2c3[nH]c4ccccc4c3C[C@@H]3C(=O)N(C)C(=S)N23)cc1. The van der Waals surface area contributed by atoms with Gasteiger partial charge in [-0.2, -0.15) is 0 Å². The molecule has 2 aliphatic rings. The van der Waals surface area contributed by atoms with Crippen molar-refractivity contribution in [2.75, 3.05) is 7.05 Å². The van der Waals surface area contributed by atoms with Gasteiger partial charge in [0, 0.05) is 30.1 Å². The maximum Gasteiger partial charge on any atom is 0.251 e. The van der Waals surface area contributed by atoms with Crippen molar-refractivity contribution < 1.29 is 4.79 Å². The van der Waals surface area contributed by atoms with Crippen molar-refractivity contribution in [3.8, 4) is 0 Å². The summed E-state index contributed by atoms with van der Waals surface area (Å²) in [6, 6.07) is 16.5. The minimum absolute atomic E-state index is 0.0712. The zero-order valence-electron chi connectivity index (χ0n) is 14.7. The lowest BCUT2D eigenvalue weighted by Gasteiger charge is -2.37. The molecule has 3 heterocycles. The highest BCUT2D eigenvalue weighted by Crippen LogP contribution is 2.43. The first-order valence-electron chi connectivity index (χ1n) is 8.82. The van der Waals surface area contributed by atoms with Gasteiger partial charge in [-0.15, -0.1) is 0 Å². The molecule has 5 heteroatoms. The largest absolute Gasteiger partial charge is 0.356 e. The average Bonchev–Trinajstić information content (AvgIpc) is 3.13. The maximum atomic E-state index is 12.8. The van der Waals surface area contributed by atoms with Crippen LogP contribution in [0.4, 0.5) is 0 Å². The number of carbonyl (C=O) groups is 1. The summed E-state index contributed by atoms with van der Waals surface area (Å²) in [5.41, 5.74) is 5.87. The minimum Gasteiger partial charge on any atom is -0.356 e. The Balaban J connectivity index is 1.77. The lowest BCUT2D eigenvalue weighted by Crippen LogP contribution is -2.44. The molecule has 130 valence electrons. The van der Waals surface area contributed by atoms with Gasteiger partial charge in [0.15, 0.2) is 5.11 Å². The van der Waals surface area contributed by atoms with Crippen LogP contribution >= 0.6 is 12.2 Å². The fraction of sp³-hybridized carbons (Fsp3) is 0.238. The van der Waals surface area contributed by atoms with Crippen molar-refractivity contribution in [1.82, 2.24) is 14.8 Å². The minimum atomic E-state index is -0.231.